The fraction of sp³-hybridized carbons (Fsp3) is 0.342. The van der Waals surface area contributed by atoms with Gasteiger partial charge < -0.3 is 9.84 Å². The van der Waals surface area contributed by atoms with Crippen molar-refractivity contribution in [3.8, 4) is 0 Å². The van der Waals surface area contributed by atoms with Gasteiger partial charge in [-0.3, -0.25) is 9.69 Å². The predicted molar refractivity (Wildman–Crippen MR) is 171 cm³/mol. The summed E-state index contributed by atoms with van der Waals surface area (Å²) in [4.78, 5) is 16.2. The molecule has 0 heterocycles. The molecule has 0 fully saturated rings. The number of hydrogen-bond acceptors (Lipinski definition) is 4. The van der Waals surface area contributed by atoms with Gasteiger partial charge in [-0.2, -0.15) is 0 Å². The number of ether oxygens (including phenoxy) is 1. The van der Waals surface area contributed by atoms with E-state index in [0.29, 0.717) is 13.0 Å². The highest BCUT2D eigenvalue weighted by Crippen LogP contribution is 2.33. The van der Waals surface area contributed by atoms with Gasteiger partial charge in [0.1, 0.15) is 6.10 Å². The van der Waals surface area contributed by atoms with E-state index in [2.05, 4.69) is 75.9 Å². The molecule has 1 N–H and O–H groups in total. The summed E-state index contributed by atoms with van der Waals surface area (Å²) < 4.78 is 6.42. The van der Waals surface area contributed by atoms with E-state index in [1.54, 1.807) is 0 Å². The van der Waals surface area contributed by atoms with Crippen molar-refractivity contribution in [2.75, 3.05) is 0 Å². The first-order valence-corrected chi connectivity index (χ1v) is 15.0. The first-order chi connectivity index (χ1) is 20.2. The molecule has 0 saturated carbocycles. The molecule has 0 amide bonds. The number of aryl methyl sites for hydroxylation is 4. The van der Waals surface area contributed by atoms with Gasteiger partial charge in [0.05, 0.1) is 12.0 Å². The summed E-state index contributed by atoms with van der Waals surface area (Å²) in [6.45, 7) is 14.1. The largest absolute Gasteiger partial charge is 0.456 e. The van der Waals surface area contributed by atoms with Crippen molar-refractivity contribution in [1.29, 1.82) is 0 Å². The molecule has 0 aliphatic rings. The van der Waals surface area contributed by atoms with E-state index in [0.717, 1.165) is 17.7 Å². The Morgan fingerprint density at radius 3 is 1.88 bits per heavy atom. The average molecular weight is 564 g/mol. The van der Waals surface area contributed by atoms with Gasteiger partial charge in [0.15, 0.2) is 0 Å². The Morgan fingerprint density at radius 2 is 1.31 bits per heavy atom. The molecule has 0 aliphatic carbocycles. The molecule has 4 aromatic carbocycles. The van der Waals surface area contributed by atoms with Gasteiger partial charge in [0, 0.05) is 19.1 Å². The van der Waals surface area contributed by atoms with Crippen molar-refractivity contribution in [2.24, 2.45) is 5.92 Å². The van der Waals surface area contributed by atoms with Crippen LogP contribution in [0.15, 0.2) is 97.1 Å². The highest BCUT2D eigenvalue weighted by Gasteiger charge is 2.34. The second-order valence-corrected chi connectivity index (χ2v) is 11.6. The molecule has 0 saturated heterocycles. The monoisotopic (exact) mass is 563 g/mol. The van der Waals surface area contributed by atoms with E-state index in [4.69, 9.17) is 4.74 Å². The van der Waals surface area contributed by atoms with Crippen LogP contribution in [0.2, 0.25) is 0 Å². The van der Waals surface area contributed by atoms with Crippen molar-refractivity contribution in [2.45, 2.75) is 79.3 Å². The third-order valence-electron chi connectivity index (χ3n) is 8.49. The fourth-order valence-corrected chi connectivity index (χ4v) is 5.91. The first-order valence-electron chi connectivity index (χ1n) is 15.0. The maximum atomic E-state index is 13.8. The fourth-order valence-electron chi connectivity index (χ4n) is 5.91. The van der Waals surface area contributed by atoms with Gasteiger partial charge >= 0.3 is 5.97 Å². The lowest BCUT2D eigenvalue weighted by molar-refractivity contribution is -0.163. The summed E-state index contributed by atoms with van der Waals surface area (Å²) in [6, 6.07) is 32.2. The molecular formula is C38H45NO3. The number of carbonyl (C=O) groups is 1. The van der Waals surface area contributed by atoms with Crippen molar-refractivity contribution in [3.63, 3.8) is 0 Å². The van der Waals surface area contributed by atoms with Crippen LogP contribution in [0.4, 0.5) is 0 Å². The van der Waals surface area contributed by atoms with Gasteiger partial charge in [-0.15, -0.1) is 0 Å². The van der Waals surface area contributed by atoms with Crippen LogP contribution in [-0.2, 0) is 22.6 Å². The molecule has 4 heteroatoms. The van der Waals surface area contributed by atoms with Crippen LogP contribution in [-0.4, -0.2) is 22.0 Å². The summed E-state index contributed by atoms with van der Waals surface area (Å²) >= 11 is 0. The average Bonchev–Trinajstić information content (AvgIpc) is 2.99. The van der Waals surface area contributed by atoms with E-state index in [-0.39, 0.29) is 12.0 Å². The number of aliphatic hydroxyl groups excluding tert-OH is 1. The molecule has 220 valence electrons. The van der Waals surface area contributed by atoms with Gasteiger partial charge in [-0.05, 0) is 80.0 Å². The minimum Gasteiger partial charge on any atom is -0.456 e. The van der Waals surface area contributed by atoms with E-state index in [1.165, 1.54) is 33.4 Å². The lowest BCUT2D eigenvalue weighted by Gasteiger charge is -2.36. The third-order valence-corrected chi connectivity index (χ3v) is 8.49. The standard InChI is InChI=1S/C38H45NO3/c1-7-34(36(40)31-17-10-8-11-18-31)38(41)42-37(32-19-12-9-13-20-32)30(6)39(24-33-21-15-14-16-27(33)3)25-35-28(4)22-26(2)23-29(35)5/h8-23,30,34,36-37,40H,7,24-25H2,1-6H3/t30-,34?,36?,37-/m0/s1. The molecule has 4 rings (SSSR count). The maximum absolute atomic E-state index is 13.8. The zero-order chi connectivity index (χ0) is 30.2. The Kier molecular flexibility index (Phi) is 10.7. The van der Waals surface area contributed by atoms with E-state index < -0.39 is 18.1 Å². The number of carbonyl (C=O) groups excluding carboxylic acids is 1. The topological polar surface area (TPSA) is 49.8 Å². The van der Waals surface area contributed by atoms with Crippen molar-refractivity contribution < 1.29 is 14.6 Å². The zero-order valence-electron chi connectivity index (χ0n) is 25.9. The normalized spacial score (nSPS) is 14.3. The van der Waals surface area contributed by atoms with Gasteiger partial charge in [-0.25, -0.2) is 0 Å². The van der Waals surface area contributed by atoms with E-state index in [1.807, 2.05) is 67.6 Å². The minimum absolute atomic E-state index is 0.151. The number of rotatable bonds is 12. The Hall–Kier alpha value is -3.73. The number of nitrogens with zero attached hydrogens (tertiary/aromatic N) is 1. The molecule has 42 heavy (non-hydrogen) atoms. The number of esters is 1. The van der Waals surface area contributed by atoms with Crippen LogP contribution in [0.3, 0.4) is 0 Å². The second kappa shape index (κ2) is 14.4. The summed E-state index contributed by atoms with van der Waals surface area (Å²) in [5.41, 5.74) is 9.22. The van der Waals surface area contributed by atoms with Crippen LogP contribution in [0.1, 0.15) is 77.0 Å². The van der Waals surface area contributed by atoms with Crippen molar-refractivity contribution in [3.05, 3.63) is 142 Å². The third kappa shape index (κ3) is 7.56. The number of hydrogen-bond donors (Lipinski definition) is 1. The highest BCUT2D eigenvalue weighted by atomic mass is 16.5. The Labute approximate surface area is 252 Å². The minimum atomic E-state index is -0.934. The van der Waals surface area contributed by atoms with E-state index >= 15 is 0 Å². The number of aliphatic hydroxyl groups is 1. The van der Waals surface area contributed by atoms with Gasteiger partial charge in [-0.1, -0.05) is 110 Å². The molecule has 2 unspecified atom stereocenters. The zero-order valence-corrected chi connectivity index (χ0v) is 25.9. The van der Waals surface area contributed by atoms with Crippen molar-refractivity contribution >= 4 is 5.97 Å². The van der Waals surface area contributed by atoms with Crippen LogP contribution >= 0.6 is 0 Å². The molecule has 0 spiro atoms. The Bertz CT molecular complexity index is 1430. The van der Waals surface area contributed by atoms with Gasteiger partial charge in [0.25, 0.3) is 0 Å². The first kappa shape index (κ1) is 31.2. The van der Waals surface area contributed by atoms with Crippen LogP contribution < -0.4 is 0 Å². The molecule has 4 aromatic rings. The van der Waals surface area contributed by atoms with E-state index in [9.17, 15) is 9.90 Å². The molecule has 4 atom stereocenters. The summed E-state index contributed by atoms with van der Waals surface area (Å²) in [7, 11) is 0. The van der Waals surface area contributed by atoms with Crippen molar-refractivity contribution in [1.82, 2.24) is 4.90 Å². The molecular weight excluding hydrogens is 518 g/mol. The Balaban J connectivity index is 1.71. The van der Waals surface area contributed by atoms with Crippen LogP contribution in [0.25, 0.3) is 0 Å². The predicted octanol–water partition coefficient (Wildman–Crippen LogP) is 8.36. The molecule has 0 aliphatic heterocycles. The molecule has 0 radical (unpaired) electrons. The second-order valence-electron chi connectivity index (χ2n) is 11.6. The summed E-state index contributed by atoms with van der Waals surface area (Å²) in [5, 5.41) is 11.2. The number of benzene rings is 4. The lowest BCUT2D eigenvalue weighted by atomic mass is 9.93. The Morgan fingerprint density at radius 1 is 0.762 bits per heavy atom. The highest BCUT2D eigenvalue weighted by molar-refractivity contribution is 5.73. The smallest absolute Gasteiger partial charge is 0.312 e. The summed E-state index contributed by atoms with van der Waals surface area (Å²) in [6.07, 6.45) is -0.985. The molecule has 4 nitrogen and oxygen atoms in total. The van der Waals surface area contributed by atoms with Crippen LogP contribution in [0, 0.1) is 33.6 Å². The van der Waals surface area contributed by atoms with Crippen LogP contribution in [0.5, 0.6) is 0 Å². The lowest BCUT2D eigenvalue weighted by Crippen LogP contribution is -2.40. The SMILES string of the molecule is CCC(C(=O)O[C@H](c1ccccc1)[C@H](C)N(Cc1ccccc1C)Cc1c(C)cc(C)cc1C)C(O)c1ccccc1. The van der Waals surface area contributed by atoms with Gasteiger partial charge in [0.2, 0.25) is 0 Å². The molecule has 0 bridgehead atoms. The quantitative estimate of drug-likeness (QED) is 0.176. The summed E-state index contributed by atoms with van der Waals surface area (Å²) in [5.74, 6) is -1.05. The maximum Gasteiger partial charge on any atom is 0.312 e. The molecule has 0 aromatic heterocycles.